The van der Waals surface area contributed by atoms with Crippen LogP contribution in [0, 0.1) is 0 Å². The molecule has 1 saturated heterocycles. The summed E-state index contributed by atoms with van der Waals surface area (Å²) in [7, 11) is 0. The third-order valence-corrected chi connectivity index (χ3v) is 6.18. The van der Waals surface area contributed by atoms with E-state index in [4.69, 9.17) is 9.47 Å². The molecule has 10 nitrogen and oxygen atoms in total. The van der Waals surface area contributed by atoms with E-state index in [0.717, 1.165) is 22.3 Å². The van der Waals surface area contributed by atoms with Gasteiger partial charge in [0.15, 0.2) is 11.4 Å². The SMILES string of the molecule is O=C(Nc1cc(C(=O)NC2(C(=O)O)CCOC2)[nH]n1)OCC1c2ccccc2-c2ccccc21. The molecule has 0 bridgehead atoms. The number of rotatable bonds is 6. The van der Waals surface area contributed by atoms with Gasteiger partial charge in [0.2, 0.25) is 0 Å². The van der Waals surface area contributed by atoms with Crippen LogP contribution in [0.15, 0.2) is 54.6 Å². The molecule has 10 heteroatoms. The molecule has 0 saturated carbocycles. The minimum Gasteiger partial charge on any atom is -0.479 e. The van der Waals surface area contributed by atoms with E-state index in [-0.39, 0.29) is 43.7 Å². The molecule has 3 aromatic rings. The zero-order chi connectivity index (χ0) is 23.7. The van der Waals surface area contributed by atoms with Gasteiger partial charge >= 0.3 is 12.1 Å². The summed E-state index contributed by atoms with van der Waals surface area (Å²) in [6.45, 7) is 0.260. The van der Waals surface area contributed by atoms with E-state index in [9.17, 15) is 19.5 Å². The number of aromatic amines is 1. The van der Waals surface area contributed by atoms with Gasteiger partial charge in [0.25, 0.3) is 5.91 Å². The molecular weight excluding hydrogens is 440 g/mol. The number of carbonyl (C=O) groups excluding carboxylic acids is 2. The number of carboxylic acids is 1. The fraction of sp³-hybridized carbons (Fsp3) is 0.250. The van der Waals surface area contributed by atoms with E-state index >= 15 is 0 Å². The summed E-state index contributed by atoms with van der Waals surface area (Å²) in [6.07, 6.45) is -0.556. The monoisotopic (exact) mass is 462 g/mol. The van der Waals surface area contributed by atoms with Crippen molar-refractivity contribution in [2.24, 2.45) is 0 Å². The van der Waals surface area contributed by atoms with Crippen molar-refractivity contribution >= 4 is 23.8 Å². The van der Waals surface area contributed by atoms with Crippen molar-refractivity contribution in [3.8, 4) is 11.1 Å². The lowest BCUT2D eigenvalue weighted by Gasteiger charge is -2.23. The highest BCUT2D eigenvalue weighted by atomic mass is 16.5. The molecule has 34 heavy (non-hydrogen) atoms. The Labute approximate surface area is 194 Å². The maximum absolute atomic E-state index is 12.5. The number of fused-ring (bicyclic) bond motifs is 3. The topological polar surface area (TPSA) is 143 Å². The lowest BCUT2D eigenvalue weighted by molar-refractivity contribution is -0.144. The minimum atomic E-state index is -1.48. The molecule has 0 radical (unpaired) electrons. The van der Waals surface area contributed by atoms with Crippen molar-refractivity contribution in [1.82, 2.24) is 15.5 Å². The second kappa shape index (κ2) is 8.64. The molecule has 2 aromatic carbocycles. The van der Waals surface area contributed by atoms with E-state index in [2.05, 4.69) is 33.0 Å². The van der Waals surface area contributed by atoms with E-state index < -0.39 is 23.5 Å². The Kier molecular flexibility index (Phi) is 5.50. The highest BCUT2D eigenvalue weighted by Gasteiger charge is 2.44. The molecule has 1 atom stereocenters. The third kappa shape index (κ3) is 3.88. The van der Waals surface area contributed by atoms with Crippen LogP contribution in [0.3, 0.4) is 0 Å². The van der Waals surface area contributed by atoms with Crippen molar-refractivity contribution < 1.29 is 29.0 Å². The van der Waals surface area contributed by atoms with Gasteiger partial charge in [-0.15, -0.1) is 0 Å². The number of amides is 2. The van der Waals surface area contributed by atoms with Gasteiger partial charge in [-0.25, -0.2) is 9.59 Å². The van der Waals surface area contributed by atoms with Crippen molar-refractivity contribution in [3.05, 3.63) is 71.4 Å². The minimum absolute atomic E-state index is 0.00136. The lowest BCUT2D eigenvalue weighted by atomic mass is 9.98. The van der Waals surface area contributed by atoms with Crippen molar-refractivity contribution in [3.63, 3.8) is 0 Å². The molecular formula is C24H22N4O6. The van der Waals surface area contributed by atoms with Crippen molar-refractivity contribution in [1.29, 1.82) is 0 Å². The normalized spacial score (nSPS) is 18.7. The molecule has 5 rings (SSSR count). The molecule has 1 aliphatic heterocycles. The summed E-state index contributed by atoms with van der Waals surface area (Å²) in [5.74, 6) is -1.84. The van der Waals surface area contributed by atoms with Crippen LogP contribution in [0.1, 0.15) is 34.0 Å². The number of carboxylic acid groups (broad SMARTS) is 1. The van der Waals surface area contributed by atoms with Crippen molar-refractivity contribution in [2.75, 3.05) is 25.1 Å². The van der Waals surface area contributed by atoms with Gasteiger partial charge in [-0.2, -0.15) is 5.10 Å². The molecule has 0 spiro atoms. The molecule has 1 aliphatic carbocycles. The summed E-state index contributed by atoms with van der Waals surface area (Å²) in [4.78, 5) is 36.5. The predicted molar refractivity (Wildman–Crippen MR) is 121 cm³/mol. The first-order valence-corrected chi connectivity index (χ1v) is 10.8. The van der Waals surface area contributed by atoms with Gasteiger partial charge in [0.05, 0.1) is 6.61 Å². The van der Waals surface area contributed by atoms with E-state index in [1.165, 1.54) is 6.07 Å². The Morgan fingerprint density at radius 3 is 2.41 bits per heavy atom. The summed E-state index contributed by atoms with van der Waals surface area (Å²) >= 11 is 0. The Morgan fingerprint density at radius 1 is 1.12 bits per heavy atom. The molecule has 174 valence electrons. The molecule has 2 amide bonds. The van der Waals surface area contributed by atoms with Gasteiger partial charge in [-0.05, 0) is 22.3 Å². The van der Waals surface area contributed by atoms with Crippen LogP contribution in [0.4, 0.5) is 10.6 Å². The first-order valence-electron chi connectivity index (χ1n) is 10.8. The number of anilines is 1. The third-order valence-electron chi connectivity index (χ3n) is 6.18. The van der Waals surface area contributed by atoms with Crippen LogP contribution in [0.25, 0.3) is 11.1 Å². The van der Waals surface area contributed by atoms with Gasteiger partial charge in [-0.1, -0.05) is 48.5 Å². The maximum atomic E-state index is 12.5. The predicted octanol–water partition coefficient (Wildman–Crippen LogP) is 2.74. The van der Waals surface area contributed by atoms with Gasteiger partial charge in [0.1, 0.15) is 12.3 Å². The molecule has 4 N–H and O–H groups in total. The molecule has 1 unspecified atom stereocenters. The highest BCUT2D eigenvalue weighted by Crippen LogP contribution is 2.44. The second-order valence-electron chi connectivity index (χ2n) is 8.26. The van der Waals surface area contributed by atoms with Crippen LogP contribution >= 0.6 is 0 Å². The van der Waals surface area contributed by atoms with E-state index in [0.29, 0.717) is 0 Å². The Morgan fingerprint density at radius 2 is 1.79 bits per heavy atom. The van der Waals surface area contributed by atoms with Gasteiger partial charge in [0, 0.05) is 25.0 Å². The number of aromatic nitrogens is 2. The number of carbonyl (C=O) groups is 3. The lowest BCUT2D eigenvalue weighted by Crippen LogP contribution is -2.55. The number of hydrogen-bond donors (Lipinski definition) is 4. The van der Waals surface area contributed by atoms with Crippen LogP contribution in [0.5, 0.6) is 0 Å². The quantitative estimate of drug-likeness (QED) is 0.441. The number of nitrogens with one attached hydrogen (secondary N) is 3. The molecule has 1 fully saturated rings. The van der Waals surface area contributed by atoms with Crippen LogP contribution in [-0.2, 0) is 14.3 Å². The highest BCUT2D eigenvalue weighted by molar-refractivity contribution is 5.97. The fourth-order valence-electron chi connectivity index (χ4n) is 4.41. The number of aliphatic carboxylic acids is 1. The zero-order valence-corrected chi connectivity index (χ0v) is 18.0. The van der Waals surface area contributed by atoms with Crippen LogP contribution in [-0.4, -0.2) is 58.6 Å². The number of benzene rings is 2. The first kappa shape index (κ1) is 21.7. The average molecular weight is 462 g/mol. The standard InChI is InChI=1S/C24H22N4O6/c29-21(26-24(22(30)31)9-10-33-13-24)19-11-20(28-27-19)25-23(32)34-12-18-16-7-3-1-5-14(16)15-6-2-4-8-17(15)18/h1-8,11,18H,9-10,12-13H2,(H,26,29)(H,30,31)(H2,25,27,28,32). The largest absolute Gasteiger partial charge is 0.479 e. The van der Waals surface area contributed by atoms with Crippen LogP contribution < -0.4 is 10.6 Å². The summed E-state index contributed by atoms with van der Waals surface area (Å²) < 4.78 is 10.6. The van der Waals surface area contributed by atoms with E-state index in [1.807, 2.05) is 36.4 Å². The number of ether oxygens (including phenoxy) is 2. The summed E-state index contributed by atoms with van der Waals surface area (Å²) in [6, 6.07) is 17.3. The van der Waals surface area contributed by atoms with E-state index in [1.54, 1.807) is 0 Å². The molecule has 2 aliphatic rings. The number of nitrogens with zero attached hydrogens (tertiary/aromatic N) is 1. The molecule has 2 heterocycles. The van der Waals surface area contributed by atoms with Gasteiger partial charge in [-0.3, -0.25) is 15.2 Å². The van der Waals surface area contributed by atoms with Crippen LogP contribution in [0.2, 0.25) is 0 Å². The Hall–Kier alpha value is -4.18. The maximum Gasteiger partial charge on any atom is 0.412 e. The summed E-state index contributed by atoms with van der Waals surface area (Å²) in [5, 5.41) is 20.8. The fourth-order valence-corrected chi connectivity index (χ4v) is 4.41. The zero-order valence-electron chi connectivity index (χ0n) is 18.0. The number of hydrogen-bond acceptors (Lipinski definition) is 6. The Balaban J connectivity index is 1.21. The Bertz CT molecular complexity index is 1220. The number of H-pyrrole nitrogens is 1. The summed E-state index contributed by atoms with van der Waals surface area (Å²) in [5.41, 5.74) is 2.96. The smallest absolute Gasteiger partial charge is 0.412 e. The van der Waals surface area contributed by atoms with Gasteiger partial charge < -0.3 is 19.9 Å². The van der Waals surface area contributed by atoms with Crippen molar-refractivity contribution in [2.45, 2.75) is 17.9 Å². The average Bonchev–Trinajstić information content (AvgIpc) is 3.56. The molecule has 1 aromatic heterocycles. The first-order chi connectivity index (χ1) is 16.5. The second-order valence-corrected chi connectivity index (χ2v) is 8.26.